The largest absolute Gasteiger partial charge is 0.493 e. The summed E-state index contributed by atoms with van der Waals surface area (Å²) in [5.74, 6) is 1.80. The van der Waals surface area contributed by atoms with E-state index in [0.717, 1.165) is 44.8 Å². The Kier molecular flexibility index (Phi) is 5.34. The number of aryl methyl sites for hydroxylation is 1. The maximum Gasteiger partial charge on any atom is 0.122 e. The van der Waals surface area contributed by atoms with E-state index in [0.29, 0.717) is 5.92 Å². The van der Waals surface area contributed by atoms with Crippen molar-refractivity contribution >= 4 is 11.3 Å². The van der Waals surface area contributed by atoms with E-state index in [1.165, 1.54) is 35.9 Å². The first-order valence-electron chi connectivity index (χ1n) is 9.33. The summed E-state index contributed by atoms with van der Waals surface area (Å²) >= 11 is 1.75. The maximum atomic E-state index is 5.92. The molecule has 1 atom stereocenters. The molecular weight excluding hydrogens is 330 g/mol. The summed E-state index contributed by atoms with van der Waals surface area (Å²) in [5, 5.41) is 3.37. The Labute approximate surface area is 154 Å². The van der Waals surface area contributed by atoms with Gasteiger partial charge in [0.05, 0.1) is 17.3 Å². The van der Waals surface area contributed by atoms with E-state index < -0.39 is 0 Å². The Morgan fingerprint density at radius 3 is 2.76 bits per heavy atom. The standard InChI is InChI=1S/C20H27N3OS/c1-16-21-19(15-25-16)14-23-9-7-22(8-10-23)13-17-6-11-24-20-5-3-2-4-18(20)12-17/h2-5,15,17H,6-14H2,1H3/t17-/m0/s1. The Balaban J connectivity index is 1.27. The van der Waals surface area contributed by atoms with E-state index in [4.69, 9.17) is 4.74 Å². The molecule has 1 fully saturated rings. The monoisotopic (exact) mass is 357 g/mol. The molecule has 0 spiro atoms. The second kappa shape index (κ2) is 7.85. The fourth-order valence-electron chi connectivity index (χ4n) is 3.92. The zero-order chi connectivity index (χ0) is 17.1. The zero-order valence-electron chi connectivity index (χ0n) is 15.0. The number of aromatic nitrogens is 1. The number of thiazole rings is 1. The van der Waals surface area contributed by atoms with Gasteiger partial charge in [0.15, 0.2) is 0 Å². The quantitative estimate of drug-likeness (QED) is 0.840. The molecule has 1 saturated heterocycles. The summed E-state index contributed by atoms with van der Waals surface area (Å²) in [6.07, 6.45) is 2.31. The Hall–Kier alpha value is -1.43. The molecule has 0 aliphatic carbocycles. The molecule has 1 aromatic carbocycles. The van der Waals surface area contributed by atoms with Gasteiger partial charge in [-0.3, -0.25) is 4.90 Å². The molecule has 25 heavy (non-hydrogen) atoms. The number of benzene rings is 1. The number of hydrogen-bond donors (Lipinski definition) is 0. The highest BCUT2D eigenvalue weighted by Crippen LogP contribution is 2.27. The van der Waals surface area contributed by atoms with Crippen LogP contribution in [-0.2, 0) is 13.0 Å². The van der Waals surface area contributed by atoms with Crippen molar-refractivity contribution in [2.45, 2.75) is 26.3 Å². The van der Waals surface area contributed by atoms with Crippen molar-refractivity contribution < 1.29 is 4.74 Å². The van der Waals surface area contributed by atoms with Crippen LogP contribution in [0.15, 0.2) is 29.6 Å². The van der Waals surface area contributed by atoms with Crippen LogP contribution in [-0.4, -0.2) is 54.1 Å². The molecule has 0 radical (unpaired) electrons. The summed E-state index contributed by atoms with van der Waals surface area (Å²) < 4.78 is 5.92. The number of ether oxygens (including phenoxy) is 1. The molecule has 2 aliphatic heterocycles. The van der Waals surface area contributed by atoms with Gasteiger partial charge in [-0.25, -0.2) is 4.98 Å². The summed E-state index contributed by atoms with van der Waals surface area (Å²) in [6, 6.07) is 8.53. The van der Waals surface area contributed by atoms with Crippen molar-refractivity contribution in [1.29, 1.82) is 0 Å². The molecule has 1 aromatic heterocycles. The highest BCUT2D eigenvalue weighted by Gasteiger charge is 2.23. The molecule has 4 rings (SSSR count). The summed E-state index contributed by atoms with van der Waals surface area (Å²) in [5.41, 5.74) is 2.61. The van der Waals surface area contributed by atoms with Crippen LogP contribution in [0.2, 0.25) is 0 Å². The van der Waals surface area contributed by atoms with Crippen molar-refractivity contribution in [3.05, 3.63) is 45.9 Å². The minimum atomic E-state index is 0.705. The van der Waals surface area contributed by atoms with Crippen molar-refractivity contribution in [2.24, 2.45) is 5.92 Å². The minimum absolute atomic E-state index is 0.705. The van der Waals surface area contributed by atoms with Crippen LogP contribution in [0.25, 0.3) is 0 Å². The lowest BCUT2D eigenvalue weighted by Crippen LogP contribution is -2.47. The predicted molar refractivity (Wildman–Crippen MR) is 102 cm³/mol. The summed E-state index contributed by atoms with van der Waals surface area (Å²) in [4.78, 5) is 9.78. The number of rotatable bonds is 4. The van der Waals surface area contributed by atoms with Gasteiger partial charge in [0.25, 0.3) is 0 Å². The third-order valence-corrected chi connectivity index (χ3v) is 6.12. The Morgan fingerprint density at radius 1 is 1.16 bits per heavy atom. The van der Waals surface area contributed by atoms with E-state index in [1.54, 1.807) is 11.3 Å². The third-order valence-electron chi connectivity index (χ3n) is 5.30. The molecule has 2 aromatic rings. The number of hydrogen-bond acceptors (Lipinski definition) is 5. The number of para-hydroxylation sites is 1. The van der Waals surface area contributed by atoms with E-state index >= 15 is 0 Å². The van der Waals surface area contributed by atoms with Crippen molar-refractivity contribution in [3.8, 4) is 5.75 Å². The van der Waals surface area contributed by atoms with Gasteiger partial charge in [-0.15, -0.1) is 11.3 Å². The first kappa shape index (κ1) is 17.0. The van der Waals surface area contributed by atoms with Crippen LogP contribution >= 0.6 is 11.3 Å². The van der Waals surface area contributed by atoms with E-state index in [-0.39, 0.29) is 0 Å². The first-order valence-corrected chi connectivity index (χ1v) is 10.2. The van der Waals surface area contributed by atoms with Gasteiger partial charge in [0.2, 0.25) is 0 Å². The average Bonchev–Trinajstić information content (AvgIpc) is 2.91. The maximum absolute atomic E-state index is 5.92. The fraction of sp³-hybridized carbons (Fsp3) is 0.550. The number of nitrogens with zero attached hydrogens (tertiary/aromatic N) is 3. The molecule has 0 amide bonds. The molecule has 4 nitrogen and oxygen atoms in total. The topological polar surface area (TPSA) is 28.6 Å². The number of piperazine rings is 1. The fourth-order valence-corrected chi connectivity index (χ4v) is 4.53. The lowest BCUT2D eigenvalue weighted by Gasteiger charge is -2.36. The molecule has 2 aliphatic rings. The van der Waals surface area contributed by atoms with E-state index in [2.05, 4.69) is 51.4 Å². The molecule has 0 bridgehead atoms. The van der Waals surface area contributed by atoms with E-state index in [9.17, 15) is 0 Å². The second-order valence-electron chi connectivity index (χ2n) is 7.25. The predicted octanol–water partition coefficient (Wildman–Crippen LogP) is 3.21. The van der Waals surface area contributed by atoms with Gasteiger partial charge in [-0.05, 0) is 37.3 Å². The molecule has 5 heteroatoms. The first-order chi connectivity index (χ1) is 12.3. The van der Waals surface area contributed by atoms with Gasteiger partial charge < -0.3 is 9.64 Å². The highest BCUT2D eigenvalue weighted by molar-refractivity contribution is 7.09. The third kappa shape index (κ3) is 4.40. The Bertz CT molecular complexity index is 694. The molecule has 134 valence electrons. The normalized spacial score (nSPS) is 22.2. The van der Waals surface area contributed by atoms with Gasteiger partial charge in [0, 0.05) is 44.6 Å². The Morgan fingerprint density at radius 2 is 1.96 bits per heavy atom. The minimum Gasteiger partial charge on any atom is -0.493 e. The molecule has 3 heterocycles. The smallest absolute Gasteiger partial charge is 0.122 e. The van der Waals surface area contributed by atoms with E-state index in [1.807, 2.05) is 0 Å². The molecule has 0 saturated carbocycles. The van der Waals surface area contributed by atoms with Gasteiger partial charge in [-0.2, -0.15) is 0 Å². The summed E-state index contributed by atoms with van der Waals surface area (Å²) in [6.45, 7) is 9.77. The van der Waals surface area contributed by atoms with Crippen molar-refractivity contribution in [3.63, 3.8) is 0 Å². The van der Waals surface area contributed by atoms with Crippen LogP contribution in [0.5, 0.6) is 5.75 Å². The lowest BCUT2D eigenvalue weighted by molar-refractivity contribution is 0.109. The second-order valence-corrected chi connectivity index (χ2v) is 8.31. The van der Waals surface area contributed by atoms with Gasteiger partial charge >= 0.3 is 0 Å². The summed E-state index contributed by atoms with van der Waals surface area (Å²) in [7, 11) is 0. The zero-order valence-corrected chi connectivity index (χ0v) is 15.8. The van der Waals surface area contributed by atoms with Crippen LogP contribution < -0.4 is 4.74 Å². The van der Waals surface area contributed by atoms with Crippen molar-refractivity contribution in [1.82, 2.24) is 14.8 Å². The molecule has 0 unspecified atom stereocenters. The SMILES string of the molecule is Cc1nc(CN2CCN(C[C@H]3CCOc4ccccc4C3)CC2)cs1. The van der Waals surface area contributed by atoms with Crippen LogP contribution in [0, 0.1) is 12.8 Å². The van der Waals surface area contributed by atoms with Gasteiger partial charge in [0.1, 0.15) is 5.75 Å². The van der Waals surface area contributed by atoms with Crippen molar-refractivity contribution in [2.75, 3.05) is 39.3 Å². The number of fused-ring (bicyclic) bond motifs is 1. The van der Waals surface area contributed by atoms with Crippen LogP contribution in [0.3, 0.4) is 0 Å². The lowest BCUT2D eigenvalue weighted by atomic mass is 9.96. The molecule has 0 N–H and O–H groups in total. The van der Waals surface area contributed by atoms with Crippen LogP contribution in [0.4, 0.5) is 0 Å². The average molecular weight is 358 g/mol. The van der Waals surface area contributed by atoms with Gasteiger partial charge in [-0.1, -0.05) is 18.2 Å². The van der Waals surface area contributed by atoms with Crippen LogP contribution in [0.1, 0.15) is 22.7 Å². The highest BCUT2D eigenvalue weighted by atomic mass is 32.1. The molecular formula is C20H27N3OS.